The lowest BCUT2D eigenvalue weighted by Gasteiger charge is -2.20. The van der Waals surface area contributed by atoms with Gasteiger partial charge in [-0.25, -0.2) is 0 Å². The molecular formula is C11H19F3N6. The van der Waals surface area contributed by atoms with Crippen LogP contribution in [0.2, 0.25) is 0 Å². The molecule has 1 rings (SSSR count). The minimum absolute atomic E-state index is 0.202. The molecule has 1 N–H and O–H groups in total. The second-order valence-corrected chi connectivity index (χ2v) is 4.47. The number of nitrogens with zero attached hydrogens (tertiary/aromatic N) is 5. The summed E-state index contributed by atoms with van der Waals surface area (Å²) in [7, 11) is 5.03. The second-order valence-electron chi connectivity index (χ2n) is 4.47. The van der Waals surface area contributed by atoms with E-state index < -0.39 is 12.6 Å². The zero-order chi connectivity index (χ0) is 15.3. The molecule has 0 atom stereocenters. The van der Waals surface area contributed by atoms with Crippen LogP contribution in [0, 0.1) is 0 Å². The Bertz CT molecular complexity index is 435. The maximum absolute atomic E-state index is 12.2. The largest absolute Gasteiger partial charge is 0.390 e. The number of nitrogens with one attached hydrogen (secondary N) is 1. The van der Waals surface area contributed by atoms with E-state index in [9.17, 15) is 13.2 Å². The molecule has 20 heavy (non-hydrogen) atoms. The van der Waals surface area contributed by atoms with Gasteiger partial charge in [0.1, 0.15) is 0 Å². The number of aromatic nitrogens is 3. The van der Waals surface area contributed by atoms with Crippen molar-refractivity contribution in [1.29, 1.82) is 0 Å². The first-order chi connectivity index (χ1) is 9.23. The van der Waals surface area contributed by atoms with Gasteiger partial charge in [0.15, 0.2) is 0 Å². The number of halogens is 3. The summed E-state index contributed by atoms with van der Waals surface area (Å²) in [4.78, 5) is 15.4. The van der Waals surface area contributed by atoms with Gasteiger partial charge in [0.05, 0.1) is 6.42 Å². The maximum atomic E-state index is 12.2. The number of hydrogen-bond donors (Lipinski definition) is 1. The van der Waals surface area contributed by atoms with Crippen molar-refractivity contribution in [2.45, 2.75) is 19.5 Å². The first-order valence-electron chi connectivity index (χ1n) is 6.18. The molecule has 0 amide bonds. The van der Waals surface area contributed by atoms with Crippen LogP contribution in [0.4, 0.5) is 31.0 Å². The van der Waals surface area contributed by atoms with Crippen LogP contribution in [-0.4, -0.2) is 55.4 Å². The Morgan fingerprint density at radius 1 is 1.05 bits per heavy atom. The lowest BCUT2D eigenvalue weighted by atomic mass is 10.4. The van der Waals surface area contributed by atoms with E-state index in [0.717, 1.165) is 0 Å². The van der Waals surface area contributed by atoms with Gasteiger partial charge in [-0.15, -0.1) is 0 Å². The fourth-order valence-corrected chi connectivity index (χ4v) is 1.36. The number of rotatable bonds is 6. The summed E-state index contributed by atoms with van der Waals surface area (Å²) in [5.41, 5.74) is 0. The molecule has 0 radical (unpaired) electrons. The third kappa shape index (κ3) is 5.06. The van der Waals surface area contributed by atoms with E-state index in [1.807, 2.05) is 6.92 Å². The molecule has 1 aromatic heterocycles. The van der Waals surface area contributed by atoms with Crippen LogP contribution in [0.25, 0.3) is 0 Å². The van der Waals surface area contributed by atoms with Crippen molar-refractivity contribution in [2.24, 2.45) is 0 Å². The Morgan fingerprint density at radius 3 is 2.15 bits per heavy atom. The molecule has 1 heterocycles. The summed E-state index contributed by atoms with van der Waals surface area (Å²) in [5, 5.41) is 2.93. The summed E-state index contributed by atoms with van der Waals surface area (Å²) in [6.45, 7) is 2.29. The predicted octanol–water partition coefficient (Wildman–Crippen LogP) is 1.76. The summed E-state index contributed by atoms with van der Waals surface area (Å²) >= 11 is 0. The first kappa shape index (κ1) is 16.3. The molecule has 0 spiro atoms. The van der Waals surface area contributed by atoms with Crippen molar-refractivity contribution >= 4 is 17.8 Å². The Hall–Kier alpha value is -1.80. The minimum atomic E-state index is -4.20. The standard InChI is InChI=1S/C11H19F3N6/c1-5-15-8-16-9(19(2)3)18-10(17-8)20(4)7-6-11(12,13)14/h5-7H2,1-4H3,(H,15,16,17,18). The molecule has 0 aliphatic rings. The van der Waals surface area contributed by atoms with Gasteiger partial charge >= 0.3 is 6.18 Å². The topological polar surface area (TPSA) is 57.2 Å². The van der Waals surface area contributed by atoms with E-state index in [4.69, 9.17) is 0 Å². The smallest absolute Gasteiger partial charge is 0.354 e. The average Bonchev–Trinajstić information content (AvgIpc) is 2.35. The van der Waals surface area contributed by atoms with E-state index in [-0.39, 0.29) is 12.5 Å². The molecule has 0 saturated carbocycles. The Balaban J connectivity index is 2.91. The van der Waals surface area contributed by atoms with Gasteiger partial charge in [-0.1, -0.05) is 0 Å². The molecule has 6 nitrogen and oxygen atoms in total. The Kier molecular flexibility index (Phi) is 5.34. The SMILES string of the molecule is CCNc1nc(N(C)C)nc(N(C)CCC(F)(F)F)n1. The quantitative estimate of drug-likeness (QED) is 0.862. The molecule has 0 aliphatic heterocycles. The van der Waals surface area contributed by atoms with Gasteiger partial charge < -0.3 is 15.1 Å². The van der Waals surface area contributed by atoms with Crippen LogP contribution in [-0.2, 0) is 0 Å². The van der Waals surface area contributed by atoms with E-state index >= 15 is 0 Å². The van der Waals surface area contributed by atoms with Crippen molar-refractivity contribution < 1.29 is 13.2 Å². The van der Waals surface area contributed by atoms with Crippen LogP contribution in [0.1, 0.15) is 13.3 Å². The molecule has 0 aliphatic carbocycles. The zero-order valence-corrected chi connectivity index (χ0v) is 12.0. The molecule has 9 heteroatoms. The lowest BCUT2D eigenvalue weighted by Crippen LogP contribution is -2.27. The number of hydrogen-bond acceptors (Lipinski definition) is 6. The lowest BCUT2D eigenvalue weighted by molar-refractivity contribution is -0.132. The van der Waals surface area contributed by atoms with Gasteiger partial charge in [-0.05, 0) is 6.92 Å². The van der Waals surface area contributed by atoms with Crippen molar-refractivity contribution in [2.75, 3.05) is 49.3 Å². The zero-order valence-electron chi connectivity index (χ0n) is 12.0. The van der Waals surface area contributed by atoms with Gasteiger partial charge in [0.25, 0.3) is 0 Å². The highest BCUT2D eigenvalue weighted by Crippen LogP contribution is 2.21. The summed E-state index contributed by atoms with van der Waals surface area (Å²) in [6.07, 6.45) is -5.11. The van der Waals surface area contributed by atoms with E-state index in [2.05, 4.69) is 20.3 Å². The van der Waals surface area contributed by atoms with Gasteiger partial charge in [-0.2, -0.15) is 28.1 Å². The molecule has 1 aromatic rings. The molecule has 0 saturated heterocycles. The van der Waals surface area contributed by atoms with Crippen molar-refractivity contribution in [3.8, 4) is 0 Å². The Labute approximate surface area is 116 Å². The second kappa shape index (κ2) is 6.58. The fraction of sp³-hybridized carbons (Fsp3) is 0.727. The van der Waals surface area contributed by atoms with Crippen LogP contribution in [0.5, 0.6) is 0 Å². The van der Waals surface area contributed by atoms with Crippen LogP contribution in [0.3, 0.4) is 0 Å². The predicted molar refractivity (Wildman–Crippen MR) is 72.3 cm³/mol. The summed E-state index contributed by atoms with van der Waals surface area (Å²) < 4.78 is 36.7. The molecule has 114 valence electrons. The number of alkyl halides is 3. The van der Waals surface area contributed by atoms with Crippen molar-refractivity contribution in [1.82, 2.24) is 15.0 Å². The molecular weight excluding hydrogens is 273 g/mol. The summed E-state index contributed by atoms with van der Waals surface area (Å²) in [6, 6.07) is 0. The van der Waals surface area contributed by atoms with Crippen LogP contribution in [0.15, 0.2) is 0 Å². The third-order valence-corrected chi connectivity index (χ3v) is 2.42. The highest BCUT2D eigenvalue weighted by atomic mass is 19.4. The van der Waals surface area contributed by atoms with Gasteiger partial charge in [0, 0.05) is 34.2 Å². The molecule has 0 fully saturated rings. The van der Waals surface area contributed by atoms with Crippen LogP contribution >= 0.6 is 0 Å². The van der Waals surface area contributed by atoms with E-state index in [1.165, 1.54) is 11.9 Å². The third-order valence-electron chi connectivity index (χ3n) is 2.42. The average molecular weight is 292 g/mol. The molecule has 0 aromatic carbocycles. The minimum Gasteiger partial charge on any atom is -0.354 e. The molecule has 0 unspecified atom stereocenters. The fourth-order valence-electron chi connectivity index (χ4n) is 1.36. The first-order valence-corrected chi connectivity index (χ1v) is 6.18. The maximum Gasteiger partial charge on any atom is 0.390 e. The van der Waals surface area contributed by atoms with E-state index in [1.54, 1.807) is 19.0 Å². The van der Waals surface area contributed by atoms with Gasteiger partial charge in [-0.3, -0.25) is 0 Å². The molecule has 0 bridgehead atoms. The Morgan fingerprint density at radius 2 is 1.65 bits per heavy atom. The monoisotopic (exact) mass is 292 g/mol. The summed E-state index contributed by atoms with van der Waals surface area (Å²) in [5.74, 6) is 0.953. The normalized spacial score (nSPS) is 11.3. The number of anilines is 3. The van der Waals surface area contributed by atoms with E-state index in [0.29, 0.717) is 18.4 Å². The highest BCUT2D eigenvalue weighted by Gasteiger charge is 2.27. The van der Waals surface area contributed by atoms with Gasteiger partial charge in [0.2, 0.25) is 17.8 Å². The van der Waals surface area contributed by atoms with Crippen LogP contribution < -0.4 is 15.1 Å². The highest BCUT2D eigenvalue weighted by molar-refractivity contribution is 5.44. The van der Waals surface area contributed by atoms with Crippen molar-refractivity contribution in [3.63, 3.8) is 0 Å². The van der Waals surface area contributed by atoms with Crippen molar-refractivity contribution in [3.05, 3.63) is 0 Å².